The molecule has 0 aliphatic heterocycles. The van der Waals surface area contributed by atoms with Crippen molar-refractivity contribution in [2.45, 2.75) is 39.0 Å². The summed E-state index contributed by atoms with van der Waals surface area (Å²) in [6.07, 6.45) is 4.73. The molecule has 4 nitrogen and oxygen atoms in total. The first kappa shape index (κ1) is 15.5. The number of hydrogen-bond acceptors (Lipinski definition) is 3. The second-order valence-electron chi connectivity index (χ2n) is 4.60. The Bertz CT molecular complexity index is 380. The standard InChI is InChI=1S/C15H24N2O2/c1-2-3-4-10-19-11-6-9-15(18)17-14-8-5-7-13(16)12-14/h5,7-8,12H,2-4,6,9-11,16H2,1H3,(H,17,18). The maximum atomic E-state index is 11.7. The first-order valence-corrected chi connectivity index (χ1v) is 6.95. The summed E-state index contributed by atoms with van der Waals surface area (Å²) in [6, 6.07) is 7.19. The van der Waals surface area contributed by atoms with Gasteiger partial charge < -0.3 is 15.8 Å². The molecule has 4 heteroatoms. The van der Waals surface area contributed by atoms with Crippen molar-refractivity contribution in [3.8, 4) is 0 Å². The van der Waals surface area contributed by atoms with Crippen LogP contribution >= 0.6 is 0 Å². The Morgan fingerprint density at radius 1 is 1.26 bits per heavy atom. The molecule has 0 bridgehead atoms. The van der Waals surface area contributed by atoms with Gasteiger partial charge in [-0.1, -0.05) is 25.8 Å². The Morgan fingerprint density at radius 2 is 2.05 bits per heavy atom. The number of carbonyl (C=O) groups is 1. The highest BCUT2D eigenvalue weighted by molar-refractivity contribution is 5.91. The molecule has 1 rings (SSSR count). The van der Waals surface area contributed by atoms with E-state index in [9.17, 15) is 4.79 Å². The summed E-state index contributed by atoms with van der Waals surface area (Å²) < 4.78 is 5.46. The number of nitrogens with one attached hydrogen (secondary N) is 1. The van der Waals surface area contributed by atoms with Gasteiger partial charge >= 0.3 is 0 Å². The van der Waals surface area contributed by atoms with E-state index in [0.29, 0.717) is 18.7 Å². The second kappa shape index (κ2) is 9.39. The summed E-state index contributed by atoms with van der Waals surface area (Å²) in [6.45, 7) is 3.61. The fourth-order valence-corrected chi connectivity index (χ4v) is 1.73. The highest BCUT2D eigenvalue weighted by Gasteiger charge is 2.02. The molecule has 0 unspecified atom stereocenters. The molecule has 0 fully saturated rings. The van der Waals surface area contributed by atoms with E-state index in [-0.39, 0.29) is 5.91 Å². The summed E-state index contributed by atoms with van der Waals surface area (Å²) in [7, 11) is 0. The third-order valence-corrected chi connectivity index (χ3v) is 2.76. The zero-order chi connectivity index (χ0) is 13.9. The van der Waals surface area contributed by atoms with Gasteiger partial charge in [-0.2, -0.15) is 0 Å². The van der Waals surface area contributed by atoms with Crippen LogP contribution in [0, 0.1) is 0 Å². The molecular weight excluding hydrogens is 240 g/mol. The van der Waals surface area contributed by atoms with Gasteiger partial charge in [0.05, 0.1) is 0 Å². The lowest BCUT2D eigenvalue weighted by Gasteiger charge is -2.06. The highest BCUT2D eigenvalue weighted by atomic mass is 16.5. The van der Waals surface area contributed by atoms with Gasteiger partial charge in [0.15, 0.2) is 0 Å². The van der Waals surface area contributed by atoms with Crippen LogP contribution in [0.3, 0.4) is 0 Å². The van der Waals surface area contributed by atoms with Gasteiger partial charge in [0.1, 0.15) is 0 Å². The van der Waals surface area contributed by atoms with E-state index >= 15 is 0 Å². The molecule has 0 atom stereocenters. The summed E-state index contributed by atoms with van der Waals surface area (Å²) in [4.78, 5) is 11.7. The summed E-state index contributed by atoms with van der Waals surface area (Å²) in [5.74, 6) is 0.00255. The van der Waals surface area contributed by atoms with E-state index in [2.05, 4.69) is 12.2 Å². The minimum Gasteiger partial charge on any atom is -0.399 e. The highest BCUT2D eigenvalue weighted by Crippen LogP contribution is 2.12. The van der Waals surface area contributed by atoms with E-state index in [4.69, 9.17) is 10.5 Å². The van der Waals surface area contributed by atoms with Crippen molar-refractivity contribution in [3.63, 3.8) is 0 Å². The van der Waals surface area contributed by atoms with Crippen LogP contribution in [0.4, 0.5) is 11.4 Å². The fraction of sp³-hybridized carbons (Fsp3) is 0.533. The topological polar surface area (TPSA) is 64.3 Å². The van der Waals surface area contributed by atoms with E-state index < -0.39 is 0 Å². The molecule has 1 aromatic rings. The monoisotopic (exact) mass is 264 g/mol. The predicted molar refractivity (Wildman–Crippen MR) is 79.1 cm³/mol. The van der Waals surface area contributed by atoms with Crippen LogP contribution in [0.25, 0.3) is 0 Å². The Kier molecular flexibility index (Phi) is 7.66. The fourth-order valence-electron chi connectivity index (χ4n) is 1.73. The predicted octanol–water partition coefficient (Wildman–Crippen LogP) is 3.19. The Labute approximate surface area is 115 Å². The lowest BCUT2D eigenvalue weighted by molar-refractivity contribution is -0.116. The van der Waals surface area contributed by atoms with E-state index in [0.717, 1.165) is 25.1 Å². The molecule has 106 valence electrons. The van der Waals surface area contributed by atoms with Gasteiger partial charge in [-0.15, -0.1) is 0 Å². The van der Waals surface area contributed by atoms with Gasteiger partial charge in [-0.05, 0) is 31.0 Å². The van der Waals surface area contributed by atoms with Crippen molar-refractivity contribution in [1.29, 1.82) is 0 Å². The summed E-state index contributed by atoms with van der Waals surface area (Å²) in [5.41, 5.74) is 7.04. The van der Waals surface area contributed by atoms with Gasteiger partial charge in [0, 0.05) is 31.0 Å². The summed E-state index contributed by atoms with van der Waals surface area (Å²) in [5, 5.41) is 2.82. The molecule has 0 aliphatic rings. The molecule has 1 amide bonds. The molecule has 0 aliphatic carbocycles. The number of nitrogens with two attached hydrogens (primary N) is 1. The number of benzene rings is 1. The third-order valence-electron chi connectivity index (χ3n) is 2.76. The van der Waals surface area contributed by atoms with E-state index in [1.54, 1.807) is 12.1 Å². The zero-order valence-electron chi connectivity index (χ0n) is 11.7. The van der Waals surface area contributed by atoms with Crippen molar-refractivity contribution in [1.82, 2.24) is 0 Å². The first-order valence-electron chi connectivity index (χ1n) is 6.95. The number of carbonyl (C=O) groups excluding carboxylic acids is 1. The van der Waals surface area contributed by atoms with Crippen LogP contribution in [0.1, 0.15) is 39.0 Å². The second-order valence-corrected chi connectivity index (χ2v) is 4.60. The third kappa shape index (κ3) is 7.47. The van der Waals surface area contributed by atoms with Crippen LogP contribution in [0.15, 0.2) is 24.3 Å². The van der Waals surface area contributed by atoms with Gasteiger partial charge in [0.25, 0.3) is 0 Å². The summed E-state index contributed by atoms with van der Waals surface area (Å²) >= 11 is 0. The molecule has 19 heavy (non-hydrogen) atoms. The van der Waals surface area contributed by atoms with E-state index in [1.807, 2.05) is 12.1 Å². The van der Waals surface area contributed by atoms with Crippen LogP contribution in [0.2, 0.25) is 0 Å². The maximum absolute atomic E-state index is 11.7. The number of ether oxygens (including phenoxy) is 1. The molecule has 0 heterocycles. The SMILES string of the molecule is CCCCCOCCCC(=O)Nc1cccc(N)c1. The van der Waals surface area contributed by atoms with Crippen LogP contribution in [0.5, 0.6) is 0 Å². The van der Waals surface area contributed by atoms with Crippen molar-refractivity contribution in [2.75, 3.05) is 24.3 Å². The minimum atomic E-state index is 0.00255. The minimum absolute atomic E-state index is 0.00255. The van der Waals surface area contributed by atoms with Gasteiger partial charge in [-0.25, -0.2) is 0 Å². The number of hydrogen-bond donors (Lipinski definition) is 2. The van der Waals surface area contributed by atoms with Crippen molar-refractivity contribution in [2.24, 2.45) is 0 Å². The largest absolute Gasteiger partial charge is 0.399 e. The maximum Gasteiger partial charge on any atom is 0.224 e. The number of amides is 1. The van der Waals surface area contributed by atoms with Crippen molar-refractivity contribution < 1.29 is 9.53 Å². The molecular formula is C15H24N2O2. The zero-order valence-corrected chi connectivity index (χ0v) is 11.7. The number of anilines is 2. The number of nitrogen functional groups attached to an aromatic ring is 1. The van der Waals surface area contributed by atoms with Crippen molar-refractivity contribution in [3.05, 3.63) is 24.3 Å². The molecule has 0 radical (unpaired) electrons. The Balaban J connectivity index is 2.08. The molecule has 1 aromatic carbocycles. The average Bonchev–Trinajstić information content (AvgIpc) is 2.37. The lowest BCUT2D eigenvalue weighted by Crippen LogP contribution is -2.12. The molecule has 3 N–H and O–H groups in total. The molecule has 0 spiro atoms. The van der Waals surface area contributed by atoms with Gasteiger partial charge in [-0.3, -0.25) is 4.79 Å². The molecule has 0 saturated heterocycles. The average molecular weight is 264 g/mol. The lowest BCUT2D eigenvalue weighted by atomic mass is 10.2. The van der Waals surface area contributed by atoms with Crippen LogP contribution in [-0.4, -0.2) is 19.1 Å². The van der Waals surface area contributed by atoms with E-state index in [1.165, 1.54) is 12.8 Å². The number of unbranched alkanes of at least 4 members (excludes halogenated alkanes) is 2. The Hall–Kier alpha value is -1.55. The number of rotatable bonds is 9. The smallest absolute Gasteiger partial charge is 0.224 e. The Morgan fingerprint density at radius 3 is 2.79 bits per heavy atom. The quantitative estimate of drug-likeness (QED) is 0.532. The normalized spacial score (nSPS) is 10.4. The molecule has 0 aromatic heterocycles. The van der Waals surface area contributed by atoms with Crippen molar-refractivity contribution >= 4 is 17.3 Å². The van der Waals surface area contributed by atoms with Crippen LogP contribution < -0.4 is 11.1 Å². The van der Waals surface area contributed by atoms with Gasteiger partial charge in [0.2, 0.25) is 5.91 Å². The molecule has 0 saturated carbocycles. The van der Waals surface area contributed by atoms with Crippen LogP contribution in [-0.2, 0) is 9.53 Å². The first-order chi connectivity index (χ1) is 9.22.